The molecular weight excluding hydrogens is 312 g/mol. The molecule has 1 heterocycles. The minimum absolute atomic E-state index is 0.0258. The number of hydrogen-bond acceptors (Lipinski definition) is 6. The third kappa shape index (κ3) is 3.02. The number of nitrogens with zero attached hydrogens (tertiary/aromatic N) is 3. The molecule has 0 spiro atoms. The van der Waals surface area contributed by atoms with Crippen LogP contribution in [0.25, 0.3) is 22.8 Å². The first kappa shape index (κ1) is 15.5. The summed E-state index contributed by atoms with van der Waals surface area (Å²) in [6.07, 6.45) is 0. The van der Waals surface area contributed by atoms with Crippen molar-refractivity contribution < 1.29 is 14.8 Å². The maximum Gasteiger partial charge on any atom is 0.270 e. The Labute approximate surface area is 136 Å². The molecule has 0 aliphatic rings. The van der Waals surface area contributed by atoms with Crippen molar-refractivity contribution in [3.8, 4) is 34.3 Å². The monoisotopic (exact) mass is 326 g/mol. The van der Waals surface area contributed by atoms with E-state index < -0.39 is 4.92 Å². The maximum atomic E-state index is 10.9. The molecule has 3 aromatic rings. The summed E-state index contributed by atoms with van der Waals surface area (Å²) in [4.78, 5) is 14.8. The van der Waals surface area contributed by atoms with Gasteiger partial charge in [0.15, 0.2) is 23.1 Å². The SMILES string of the molecule is CCOc1cc(-c2nc(-c3cccc([N+](=O)[O-])c3)n[nH]2)ccc1O. The molecule has 0 aliphatic carbocycles. The molecule has 0 bridgehead atoms. The van der Waals surface area contributed by atoms with Gasteiger partial charge in [0.05, 0.1) is 11.5 Å². The molecule has 8 heteroatoms. The van der Waals surface area contributed by atoms with Crippen LogP contribution in [0.4, 0.5) is 5.69 Å². The van der Waals surface area contributed by atoms with E-state index in [-0.39, 0.29) is 11.4 Å². The quantitative estimate of drug-likeness (QED) is 0.550. The highest BCUT2D eigenvalue weighted by Crippen LogP contribution is 2.31. The number of hydrogen-bond donors (Lipinski definition) is 2. The van der Waals surface area contributed by atoms with Crippen LogP contribution in [0.2, 0.25) is 0 Å². The molecule has 8 nitrogen and oxygen atoms in total. The van der Waals surface area contributed by atoms with Crippen molar-refractivity contribution >= 4 is 5.69 Å². The third-order valence-electron chi connectivity index (χ3n) is 3.33. The van der Waals surface area contributed by atoms with E-state index in [1.165, 1.54) is 18.2 Å². The average Bonchev–Trinajstić information content (AvgIpc) is 3.07. The molecule has 0 amide bonds. The molecule has 0 fully saturated rings. The van der Waals surface area contributed by atoms with Gasteiger partial charge in [0.2, 0.25) is 0 Å². The van der Waals surface area contributed by atoms with Crippen LogP contribution in [-0.2, 0) is 0 Å². The molecule has 24 heavy (non-hydrogen) atoms. The molecule has 0 atom stereocenters. The smallest absolute Gasteiger partial charge is 0.270 e. The summed E-state index contributed by atoms with van der Waals surface area (Å²) < 4.78 is 5.35. The number of non-ortho nitro benzene ring substituents is 1. The van der Waals surface area contributed by atoms with E-state index in [0.29, 0.717) is 35.1 Å². The van der Waals surface area contributed by atoms with Crippen molar-refractivity contribution in [2.75, 3.05) is 6.61 Å². The molecule has 1 aromatic heterocycles. The predicted octanol–water partition coefficient (Wildman–Crippen LogP) is 3.15. The first-order chi connectivity index (χ1) is 11.6. The van der Waals surface area contributed by atoms with Gasteiger partial charge in [0, 0.05) is 23.3 Å². The number of H-pyrrole nitrogens is 1. The lowest BCUT2D eigenvalue weighted by atomic mass is 10.2. The van der Waals surface area contributed by atoms with Crippen molar-refractivity contribution in [2.45, 2.75) is 6.92 Å². The van der Waals surface area contributed by atoms with Crippen LogP contribution in [-0.4, -0.2) is 31.8 Å². The van der Waals surface area contributed by atoms with Gasteiger partial charge in [-0.3, -0.25) is 15.2 Å². The van der Waals surface area contributed by atoms with Crippen molar-refractivity contribution in [3.05, 3.63) is 52.6 Å². The standard InChI is InChI=1S/C16H14N4O4/c1-2-24-14-9-11(6-7-13(14)21)16-17-15(18-19-16)10-4-3-5-12(8-10)20(22)23/h3-9,21H,2H2,1H3,(H,17,18,19). The third-order valence-corrected chi connectivity index (χ3v) is 3.33. The highest BCUT2D eigenvalue weighted by atomic mass is 16.6. The van der Waals surface area contributed by atoms with E-state index >= 15 is 0 Å². The minimum atomic E-state index is -0.467. The lowest BCUT2D eigenvalue weighted by molar-refractivity contribution is -0.384. The fraction of sp³-hybridized carbons (Fsp3) is 0.125. The summed E-state index contributed by atoms with van der Waals surface area (Å²) in [5.41, 5.74) is 1.19. The Morgan fingerprint density at radius 1 is 1.25 bits per heavy atom. The van der Waals surface area contributed by atoms with Crippen LogP contribution < -0.4 is 4.74 Å². The van der Waals surface area contributed by atoms with Gasteiger partial charge in [-0.05, 0) is 25.1 Å². The second-order valence-corrected chi connectivity index (χ2v) is 4.93. The van der Waals surface area contributed by atoms with Crippen LogP contribution in [0, 0.1) is 10.1 Å². The summed E-state index contributed by atoms with van der Waals surface area (Å²) in [7, 11) is 0. The molecule has 0 saturated carbocycles. The number of phenolic OH excluding ortho intramolecular Hbond substituents is 1. The van der Waals surface area contributed by atoms with Crippen molar-refractivity contribution in [1.29, 1.82) is 0 Å². The minimum Gasteiger partial charge on any atom is -0.504 e. The highest BCUT2D eigenvalue weighted by molar-refractivity contribution is 5.65. The van der Waals surface area contributed by atoms with Crippen molar-refractivity contribution in [3.63, 3.8) is 0 Å². The summed E-state index contributed by atoms with van der Waals surface area (Å²) in [5, 5.41) is 27.5. The molecule has 2 aromatic carbocycles. The fourth-order valence-corrected chi connectivity index (χ4v) is 2.21. The van der Waals surface area contributed by atoms with Gasteiger partial charge < -0.3 is 9.84 Å². The van der Waals surface area contributed by atoms with Crippen molar-refractivity contribution in [1.82, 2.24) is 15.2 Å². The Kier molecular flexibility index (Phi) is 4.11. The molecule has 0 aliphatic heterocycles. The van der Waals surface area contributed by atoms with Gasteiger partial charge >= 0.3 is 0 Å². The maximum absolute atomic E-state index is 10.9. The number of aromatic hydroxyl groups is 1. The number of aromatic nitrogens is 3. The average molecular weight is 326 g/mol. The number of phenols is 1. The van der Waals surface area contributed by atoms with Crippen LogP contribution in [0.5, 0.6) is 11.5 Å². The zero-order valence-electron chi connectivity index (χ0n) is 12.8. The molecule has 122 valence electrons. The summed E-state index contributed by atoms with van der Waals surface area (Å²) >= 11 is 0. The first-order valence-electron chi connectivity index (χ1n) is 7.22. The number of nitro groups is 1. The van der Waals surface area contributed by atoms with E-state index in [1.54, 1.807) is 24.3 Å². The predicted molar refractivity (Wildman–Crippen MR) is 86.7 cm³/mol. The Balaban J connectivity index is 1.95. The van der Waals surface area contributed by atoms with Gasteiger partial charge in [-0.2, -0.15) is 5.10 Å². The number of aromatic amines is 1. The van der Waals surface area contributed by atoms with Crippen LogP contribution in [0.15, 0.2) is 42.5 Å². The first-order valence-corrected chi connectivity index (χ1v) is 7.22. The topological polar surface area (TPSA) is 114 Å². The Bertz CT molecular complexity index is 891. The second kappa shape index (κ2) is 6.37. The van der Waals surface area contributed by atoms with E-state index in [2.05, 4.69) is 15.2 Å². The fourth-order valence-electron chi connectivity index (χ4n) is 2.21. The number of benzene rings is 2. The molecule has 2 N–H and O–H groups in total. The van der Waals surface area contributed by atoms with Gasteiger partial charge in [-0.1, -0.05) is 12.1 Å². The molecule has 0 unspecified atom stereocenters. The normalized spacial score (nSPS) is 10.5. The van der Waals surface area contributed by atoms with Crippen LogP contribution in [0.1, 0.15) is 6.92 Å². The molecule has 3 rings (SSSR count). The van der Waals surface area contributed by atoms with Gasteiger partial charge in [0.1, 0.15) is 0 Å². The van der Waals surface area contributed by atoms with Gasteiger partial charge in [-0.25, -0.2) is 4.98 Å². The Hall–Kier alpha value is -3.42. The summed E-state index contributed by atoms with van der Waals surface area (Å²) in [6.45, 7) is 2.24. The van der Waals surface area contributed by atoms with E-state index in [4.69, 9.17) is 4.74 Å². The highest BCUT2D eigenvalue weighted by Gasteiger charge is 2.13. The number of nitro benzene ring substituents is 1. The van der Waals surface area contributed by atoms with Gasteiger partial charge in [0.25, 0.3) is 5.69 Å². The lowest BCUT2D eigenvalue weighted by Gasteiger charge is -2.06. The van der Waals surface area contributed by atoms with E-state index in [0.717, 1.165) is 0 Å². The molecular formula is C16H14N4O4. The van der Waals surface area contributed by atoms with Crippen molar-refractivity contribution in [2.24, 2.45) is 0 Å². The van der Waals surface area contributed by atoms with E-state index in [9.17, 15) is 15.2 Å². The Morgan fingerprint density at radius 2 is 2.08 bits per heavy atom. The number of ether oxygens (including phenoxy) is 1. The molecule has 0 radical (unpaired) electrons. The Morgan fingerprint density at radius 3 is 2.83 bits per heavy atom. The van der Waals surface area contributed by atoms with Crippen LogP contribution >= 0.6 is 0 Å². The number of nitrogens with one attached hydrogen (secondary N) is 1. The molecule has 0 saturated heterocycles. The largest absolute Gasteiger partial charge is 0.504 e. The number of rotatable bonds is 5. The second-order valence-electron chi connectivity index (χ2n) is 4.93. The van der Waals surface area contributed by atoms with Gasteiger partial charge in [-0.15, -0.1) is 0 Å². The lowest BCUT2D eigenvalue weighted by Crippen LogP contribution is -1.92. The summed E-state index contributed by atoms with van der Waals surface area (Å²) in [5.74, 6) is 1.21. The van der Waals surface area contributed by atoms with Crippen LogP contribution in [0.3, 0.4) is 0 Å². The summed E-state index contributed by atoms with van der Waals surface area (Å²) in [6, 6.07) is 10.9. The van der Waals surface area contributed by atoms with E-state index in [1.807, 2.05) is 6.92 Å². The zero-order chi connectivity index (χ0) is 17.1. The zero-order valence-corrected chi connectivity index (χ0v) is 12.8.